The highest BCUT2D eigenvalue weighted by Crippen LogP contribution is 2.19. The van der Waals surface area contributed by atoms with Crippen molar-refractivity contribution in [2.45, 2.75) is 38.9 Å². The van der Waals surface area contributed by atoms with Gasteiger partial charge >= 0.3 is 0 Å². The van der Waals surface area contributed by atoms with Crippen LogP contribution in [0.1, 0.15) is 30.9 Å². The largest absolute Gasteiger partial charge is 0.289 e. The van der Waals surface area contributed by atoms with Gasteiger partial charge < -0.3 is 0 Å². The van der Waals surface area contributed by atoms with E-state index in [-0.39, 0.29) is 0 Å². The number of hydrogen-bond acceptors (Lipinski definition) is 2. The van der Waals surface area contributed by atoms with Crippen molar-refractivity contribution in [3.05, 3.63) is 66.0 Å². The molecule has 0 spiro atoms. The average molecular weight is 281 g/mol. The summed E-state index contributed by atoms with van der Waals surface area (Å²) in [6, 6.07) is 11.5. The lowest BCUT2D eigenvalue weighted by Gasteiger charge is -2.24. The number of hydrogen-bond donors (Lipinski definition) is 0. The highest BCUT2D eigenvalue weighted by Gasteiger charge is 2.18. The Bertz CT molecular complexity index is 586. The van der Waals surface area contributed by atoms with E-state index < -0.39 is 0 Å². The van der Waals surface area contributed by atoms with Crippen molar-refractivity contribution < 1.29 is 0 Å². The van der Waals surface area contributed by atoms with Crippen LogP contribution in [-0.4, -0.2) is 27.3 Å². The van der Waals surface area contributed by atoms with Gasteiger partial charge in [0, 0.05) is 31.5 Å². The fourth-order valence-electron chi connectivity index (χ4n) is 3.01. The van der Waals surface area contributed by atoms with Gasteiger partial charge in [0.1, 0.15) is 0 Å². The van der Waals surface area contributed by atoms with Gasteiger partial charge in [0.15, 0.2) is 0 Å². The molecule has 110 valence electrons. The first-order valence-electron chi connectivity index (χ1n) is 7.81. The molecule has 0 amide bonds. The van der Waals surface area contributed by atoms with Gasteiger partial charge in [-0.3, -0.25) is 9.58 Å². The molecule has 3 rings (SSSR count). The van der Waals surface area contributed by atoms with Gasteiger partial charge in [0.05, 0.1) is 6.54 Å². The smallest absolute Gasteiger partial charge is 0.0659 e. The van der Waals surface area contributed by atoms with E-state index in [4.69, 9.17) is 0 Å². The van der Waals surface area contributed by atoms with E-state index in [1.807, 2.05) is 23.1 Å². The Morgan fingerprint density at radius 2 is 2.05 bits per heavy atom. The van der Waals surface area contributed by atoms with Gasteiger partial charge in [-0.15, -0.1) is 0 Å². The predicted molar refractivity (Wildman–Crippen MR) is 86.0 cm³/mol. The van der Waals surface area contributed by atoms with E-state index in [1.54, 1.807) is 0 Å². The van der Waals surface area contributed by atoms with Gasteiger partial charge in [0.2, 0.25) is 0 Å². The first-order valence-corrected chi connectivity index (χ1v) is 7.81. The van der Waals surface area contributed by atoms with Crippen LogP contribution in [-0.2, 0) is 13.1 Å². The Morgan fingerprint density at radius 3 is 2.81 bits per heavy atom. The molecule has 3 nitrogen and oxygen atoms in total. The lowest BCUT2D eigenvalue weighted by Crippen LogP contribution is -2.29. The summed E-state index contributed by atoms with van der Waals surface area (Å²) in [5.41, 5.74) is 2.71. The summed E-state index contributed by atoms with van der Waals surface area (Å²) in [4.78, 5) is 2.55. The van der Waals surface area contributed by atoms with Gasteiger partial charge in [-0.1, -0.05) is 49.8 Å². The molecule has 1 unspecified atom stereocenters. The molecule has 3 heteroatoms. The molecular weight excluding hydrogens is 258 g/mol. The van der Waals surface area contributed by atoms with Gasteiger partial charge in [-0.25, -0.2) is 0 Å². The van der Waals surface area contributed by atoms with E-state index in [1.165, 1.54) is 24.0 Å². The second-order valence-electron chi connectivity index (χ2n) is 5.74. The summed E-state index contributed by atoms with van der Waals surface area (Å²) in [6.07, 6.45) is 11.0. The fraction of sp³-hybridized carbons (Fsp3) is 0.389. The Morgan fingerprint density at radius 1 is 1.19 bits per heavy atom. The summed E-state index contributed by atoms with van der Waals surface area (Å²) in [5.74, 6) is 0. The van der Waals surface area contributed by atoms with Crippen molar-refractivity contribution in [1.29, 1.82) is 0 Å². The van der Waals surface area contributed by atoms with Crippen molar-refractivity contribution in [2.75, 3.05) is 6.54 Å². The quantitative estimate of drug-likeness (QED) is 0.756. The summed E-state index contributed by atoms with van der Waals surface area (Å²) >= 11 is 0. The van der Waals surface area contributed by atoms with Crippen LogP contribution >= 0.6 is 0 Å². The van der Waals surface area contributed by atoms with Crippen molar-refractivity contribution in [3.63, 3.8) is 0 Å². The SMILES string of the molecule is CCCC1C=CCN1Cc1cccc(Cn2cccn2)c1. The summed E-state index contributed by atoms with van der Waals surface area (Å²) < 4.78 is 1.97. The number of nitrogens with zero attached hydrogens (tertiary/aromatic N) is 3. The maximum Gasteiger partial charge on any atom is 0.0659 e. The average Bonchev–Trinajstić information content (AvgIpc) is 3.13. The second kappa shape index (κ2) is 6.72. The van der Waals surface area contributed by atoms with E-state index >= 15 is 0 Å². The van der Waals surface area contributed by atoms with Crippen LogP contribution in [0, 0.1) is 0 Å². The molecular formula is C18H23N3. The molecule has 1 aromatic heterocycles. The molecule has 2 heterocycles. The molecule has 0 saturated carbocycles. The number of benzene rings is 1. The molecule has 0 N–H and O–H groups in total. The van der Waals surface area contributed by atoms with Gasteiger partial charge in [0.25, 0.3) is 0 Å². The summed E-state index contributed by atoms with van der Waals surface area (Å²) in [5, 5.41) is 4.28. The number of rotatable bonds is 6. The zero-order valence-electron chi connectivity index (χ0n) is 12.7. The van der Waals surface area contributed by atoms with Crippen molar-refractivity contribution in [2.24, 2.45) is 0 Å². The molecule has 0 radical (unpaired) electrons. The van der Waals surface area contributed by atoms with Crippen LogP contribution in [0.4, 0.5) is 0 Å². The van der Waals surface area contributed by atoms with Crippen LogP contribution in [0.2, 0.25) is 0 Å². The van der Waals surface area contributed by atoms with Crippen molar-refractivity contribution in [1.82, 2.24) is 14.7 Å². The Hall–Kier alpha value is -1.87. The third-order valence-corrected chi connectivity index (χ3v) is 4.03. The topological polar surface area (TPSA) is 21.1 Å². The minimum atomic E-state index is 0.616. The Labute approximate surface area is 126 Å². The molecule has 0 fully saturated rings. The van der Waals surface area contributed by atoms with Gasteiger partial charge in [-0.2, -0.15) is 5.10 Å². The highest BCUT2D eigenvalue weighted by atomic mass is 15.3. The molecule has 21 heavy (non-hydrogen) atoms. The van der Waals surface area contributed by atoms with Crippen LogP contribution < -0.4 is 0 Å². The highest BCUT2D eigenvalue weighted by molar-refractivity contribution is 5.24. The van der Waals surface area contributed by atoms with Crippen LogP contribution in [0.5, 0.6) is 0 Å². The maximum atomic E-state index is 4.28. The molecule has 1 aliphatic rings. The monoisotopic (exact) mass is 281 g/mol. The van der Waals surface area contributed by atoms with Gasteiger partial charge in [-0.05, 0) is 23.6 Å². The van der Waals surface area contributed by atoms with Crippen molar-refractivity contribution >= 4 is 0 Å². The zero-order valence-corrected chi connectivity index (χ0v) is 12.7. The van der Waals surface area contributed by atoms with Crippen LogP contribution in [0.15, 0.2) is 54.9 Å². The lowest BCUT2D eigenvalue weighted by molar-refractivity contribution is 0.252. The van der Waals surface area contributed by atoms with E-state index in [0.29, 0.717) is 6.04 Å². The maximum absolute atomic E-state index is 4.28. The molecule has 0 aliphatic carbocycles. The Kier molecular flexibility index (Phi) is 4.51. The summed E-state index contributed by atoms with van der Waals surface area (Å²) in [6.45, 7) is 5.21. The van der Waals surface area contributed by atoms with Crippen LogP contribution in [0.25, 0.3) is 0 Å². The molecule has 0 bridgehead atoms. The van der Waals surface area contributed by atoms with E-state index in [2.05, 4.69) is 53.3 Å². The minimum Gasteiger partial charge on any atom is -0.289 e. The molecule has 2 aromatic rings. The molecule has 1 aliphatic heterocycles. The molecule has 1 atom stereocenters. The van der Waals surface area contributed by atoms with E-state index in [0.717, 1.165) is 19.6 Å². The summed E-state index contributed by atoms with van der Waals surface area (Å²) in [7, 11) is 0. The first kappa shape index (κ1) is 14.1. The van der Waals surface area contributed by atoms with Crippen LogP contribution in [0.3, 0.4) is 0 Å². The van der Waals surface area contributed by atoms with Crippen molar-refractivity contribution in [3.8, 4) is 0 Å². The number of aromatic nitrogens is 2. The first-order chi connectivity index (χ1) is 10.3. The lowest BCUT2D eigenvalue weighted by atomic mass is 10.1. The molecule has 1 aromatic carbocycles. The minimum absolute atomic E-state index is 0.616. The fourth-order valence-corrected chi connectivity index (χ4v) is 3.01. The normalized spacial score (nSPS) is 18.4. The predicted octanol–water partition coefficient (Wildman–Crippen LogP) is 3.47. The second-order valence-corrected chi connectivity index (χ2v) is 5.74. The van der Waals surface area contributed by atoms with E-state index in [9.17, 15) is 0 Å². The Balaban J connectivity index is 1.66. The third kappa shape index (κ3) is 3.61. The molecule has 0 saturated heterocycles. The zero-order chi connectivity index (χ0) is 14.5. The standard InChI is InChI=1S/C18H23N3/c1-2-6-18-9-4-11-20(18)14-16-7-3-8-17(13-16)15-21-12-5-10-19-21/h3-5,7-10,12-13,18H,2,6,11,14-15H2,1H3. The third-order valence-electron chi connectivity index (χ3n) is 4.03.